The number of nitrogens with one attached hydrogen (secondary N) is 1. The summed E-state index contributed by atoms with van der Waals surface area (Å²) in [5.41, 5.74) is 0. The molecule has 0 saturated carbocycles. The number of morpholine rings is 1. The molecule has 0 aromatic carbocycles. The van der Waals surface area contributed by atoms with Gasteiger partial charge in [0.1, 0.15) is 16.9 Å². The molecule has 0 bridgehead atoms. The highest BCUT2D eigenvalue weighted by Gasteiger charge is 2.25. The summed E-state index contributed by atoms with van der Waals surface area (Å²) in [5.74, 6) is 0.726. The molecular formula is C15H21N5O2S. The van der Waals surface area contributed by atoms with E-state index in [-0.39, 0.29) is 12.0 Å². The van der Waals surface area contributed by atoms with Gasteiger partial charge in [-0.1, -0.05) is 6.92 Å². The van der Waals surface area contributed by atoms with Gasteiger partial charge in [0, 0.05) is 37.3 Å². The van der Waals surface area contributed by atoms with Gasteiger partial charge < -0.3 is 10.1 Å². The van der Waals surface area contributed by atoms with Gasteiger partial charge in [-0.2, -0.15) is 5.10 Å². The molecule has 2 aromatic heterocycles. The van der Waals surface area contributed by atoms with Crippen LogP contribution in [0.5, 0.6) is 0 Å². The van der Waals surface area contributed by atoms with Gasteiger partial charge >= 0.3 is 0 Å². The number of hydrogen-bond acceptors (Lipinski definition) is 6. The lowest BCUT2D eigenvalue weighted by molar-refractivity contribution is -0.119. The maximum absolute atomic E-state index is 12.3. The zero-order chi connectivity index (χ0) is 16.1. The van der Waals surface area contributed by atoms with Gasteiger partial charge in [0.2, 0.25) is 5.91 Å². The van der Waals surface area contributed by atoms with Crippen molar-refractivity contribution in [1.29, 1.82) is 0 Å². The first-order valence-corrected chi connectivity index (χ1v) is 8.69. The van der Waals surface area contributed by atoms with Gasteiger partial charge in [-0.05, 0) is 6.42 Å². The zero-order valence-corrected chi connectivity index (χ0v) is 14.0. The maximum Gasteiger partial charge on any atom is 0.239 e. The number of aromatic nitrogens is 3. The fraction of sp³-hybridized carbons (Fsp3) is 0.533. The molecule has 7 nitrogen and oxygen atoms in total. The Labute approximate surface area is 139 Å². The molecule has 23 heavy (non-hydrogen) atoms. The predicted molar refractivity (Wildman–Crippen MR) is 88.4 cm³/mol. The third kappa shape index (κ3) is 4.15. The summed E-state index contributed by atoms with van der Waals surface area (Å²) in [6.45, 7) is 5.29. The van der Waals surface area contributed by atoms with Gasteiger partial charge in [-0.25, -0.2) is 9.67 Å². The average Bonchev–Trinajstić information content (AvgIpc) is 3.20. The van der Waals surface area contributed by atoms with Crippen LogP contribution in [-0.2, 0) is 16.1 Å². The van der Waals surface area contributed by atoms with Crippen LogP contribution in [-0.4, -0.2) is 51.8 Å². The summed E-state index contributed by atoms with van der Waals surface area (Å²) >= 11 is 1.59. The summed E-state index contributed by atoms with van der Waals surface area (Å²) < 4.78 is 7.57. The molecule has 0 radical (unpaired) electrons. The minimum atomic E-state index is -0.0397. The molecular weight excluding hydrogens is 314 g/mol. The SMILES string of the molecule is CCCn1nccc1NC(=O)CN1CCO[C@H](c2nccs2)C1. The largest absolute Gasteiger partial charge is 0.368 e. The Morgan fingerprint density at radius 1 is 1.52 bits per heavy atom. The monoisotopic (exact) mass is 335 g/mol. The third-order valence-corrected chi connectivity index (χ3v) is 4.53. The van der Waals surface area contributed by atoms with Crippen molar-refractivity contribution in [1.82, 2.24) is 19.7 Å². The van der Waals surface area contributed by atoms with Crippen molar-refractivity contribution >= 4 is 23.1 Å². The Hall–Kier alpha value is -1.77. The lowest BCUT2D eigenvalue weighted by atomic mass is 10.3. The van der Waals surface area contributed by atoms with Crippen molar-refractivity contribution in [2.45, 2.75) is 26.0 Å². The lowest BCUT2D eigenvalue weighted by Crippen LogP contribution is -2.42. The summed E-state index contributed by atoms with van der Waals surface area (Å²) in [6, 6.07) is 1.82. The fourth-order valence-corrected chi connectivity index (χ4v) is 3.28. The van der Waals surface area contributed by atoms with E-state index >= 15 is 0 Å². The molecule has 2 aromatic rings. The van der Waals surface area contributed by atoms with E-state index < -0.39 is 0 Å². The minimum Gasteiger partial charge on any atom is -0.368 e. The Morgan fingerprint density at radius 2 is 2.43 bits per heavy atom. The maximum atomic E-state index is 12.3. The molecule has 3 heterocycles. The van der Waals surface area contributed by atoms with E-state index in [1.54, 1.807) is 23.7 Å². The van der Waals surface area contributed by atoms with Crippen molar-refractivity contribution in [3.63, 3.8) is 0 Å². The fourth-order valence-electron chi connectivity index (χ4n) is 2.60. The zero-order valence-electron chi connectivity index (χ0n) is 13.1. The summed E-state index contributed by atoms with van der Waals surface area (Å²) in [5, 5.41) is 10.1. The molecule has 1 amide bonds. The van der Waals surface area contributed by atoms with Crippen LogP contribution in [0, 0.1) is 0 Å². The lowest BCUT2D eigenvalue weighted by Gasteiger charge is -2.31. The van der Waals surface area contributed by atoms with Crippen molar-refractivity contribution in [2.24, 2.45) is 0 Å². The van der Waals surface area contributed by atoms with Crippen LogP contribution < -0.4 is 5.32 Å². The van der Waals surface area contributed by atoms with Crippen LogP contribution in [0.4, 0.5) is 5.82 Å². The van der Waals surface area contributed by atoms with Gasteiger partial charge in [0.15, 0.2) is 0 Å². The molecule has 1 N–H and O–H groups in total. The normalized spacial score (nSPS) is 18.9. The Balaban J connectivity index is 1.54. The smallest absolute Gasteiger partial charge is 0.239 e. The quantitative estimate of drug-likeness (QED) is 0.871. The highest BCUT2D eigenvalue weighted by molar-refractivity contribution is 7.09. The number of hydrogen-bond donors (Lipinski definition) is 1. The molecule has 1 fully saturated rings. The number of nitrogens with zero attached hydrogens (tertiary/aromatic N) is 4. The first-order chi connectivity index (χ1) is 11.3. The molecule has 3 rings (SSSR count). The van der Waals surface area contributed by atoms with E-state index in [2.05, 4.69) is 27.2 Å². The van der Waals surface area contributed by atoms with Crippen molar-refractivity contribution in [3.05, 3.63) is 28.8 Å². The highest BCUT2D eigenvalue weighted by Crippen LogP contribution is 2.23. The van der Waals surface area contributed by atoms with Crippen LogP contribution in [0.15, 0.2) is 23.8 Å². The molecule has 1 saturated heterocycles. The molecule has 1 atom stereocenters. The Bertz CT molecular complexity index is 628. The third-order valence-electron chi connectivity index (χ3n) is 3.66. The number of anilines is 1. The van der Waals surface area contributed by atoms with E-state index in [1.165, 1.54) is 0 Å². The Morgan fingerprint density at radius 3 is 3.22 bits per heavy atom. The van der Waals surface area contributed by atoms with Gasteiger partial charge in [-0.15, -0.1) is 11.3 Å². The van der Waals surface area contributed by atoms with E-state index in [0.29, 0.717) is 19.7 Å². The Kier molecular flexibility index (Phi) is 5.37. The standard InChI is InChI=1S/C15H21N5O2S/c1-2-6-20-13(3-4-17-20)18-14(21)11-19-7-8-22-12(10-19)15-16-5-9-23-15/h3-5,9,12H,2,6-8,10-11H2,1H3,(H,18,21)/t12-/m0/s1. The van der Waals surface area contributed by atoms with Gasteiger partial charge in [-0.3, -0.25) is 9.69 Å². The minimum absolute atomic E-state index is 0.0253. The summed E-state index contributed by atoms with van der Waals surface area (Å²) in [6.07, 6.45) is 4.42. The van der Waals surface area contributed by atoms with Crippen LogP contribution in [0.25, 0.3) is 0 Å². The molecule has 0 aliphatic carbocycles. The van der Waals surface area contributed by atoms with Crippen LogP contribution in [0.1, 0.15) is 24.5 Å². The molecule has 0 spiro atoms. The van der Waals surface area contributed by atoms with Crippen LogP contribution in [0.2, 0.25) is 0 Å². The van der Waals surface area contributed by atoms with E-state index in [4.69, 9.17) is 4.74 Å². The number of carbonyl (C=O) groups is 1. The van der Waals surface area contributed by atoms with Crippen LogP contribution >= 0.6 is 11.3 Å². The van der Waals surface area contributed by atoms with Gasteiger partial charge in [0.25, 0.3) is 0 Å². The van der Waals surface area contributed by atoms with E-state index in [0.717, 1.165) is 30.3 Å². The average molecular weight is 335 g/mol. The molecule has 8 heteroatoms. The molecule has 124 valence electrons. The number of ether oxygens (including phenoxy) is 1. The molecule has 1 aliphatic heterocycles. The predicted octanol–water partition coefficient (Wildman–Crippen LogP) is 1.76. The molecule has 0 unspecified atom stereocenters. The van der Waals surface area contributed by atoms with Crippen LogP contribution in [0.3, 0.4) is 0 Å². The van der Waals surface area contributed by atoms with Gasteiger partial charge in [0.05, 0.1) is 19.3 Å². The number of amides is 1. The summed E-state index contributed by atoms with van der Waals surface area (Å²) in [7, 11) is 0. The second kappa shape index (κ2) is 7.67. The number of thiazole rings is 1. The molecule has 1 aliphatic rings. The van der Waals surface area contributed by atoms with E-state index in [9.17, 15) is 4.79 Å². The van der Waals surface area contributed by atoms with E-state index in [1.807, 2.05) is 16.1 Å². The first kappa shape index (κ1) is 16.1. The van der Waals surface area contributed by atoms with Crippen molar-refractivity contribution < 1.29 is 9.53 Å². The first-order valence-electron chi connectivity index (χ1n) is 7.81. The second-order valence-corrected chi connectivity index (χ2v) is 6.38. The number of carbonyl (C=O) groups excluding carboxylic acids is 1. The van der Waals surface area contributed by atoms with Crippen molar-refractivity contribution in [2.75, 3.05) is 31.6 Å². The highest BCUT2D eigenvalue weighted by atomic mass is 32.1. The number of aryl methyl sites for hydroxylation is 1. The summed E-state index contributed by atoms with van der Waals surface area (Å²) in [4.78, 5) is 18.7. The topological polar surface area (TPSA) is 72.3 Å². The van der Waals surface area contributed by atoms with Crippen molar-refractivity contribution in [3.8, 4) is 0 Å². The second-order valence-electron chi connectivity index (χ2n) is 5.45. The number of rotatable bonds is 6.